The fourth-order valence-corrected chi connectivity index (χ4v) is 5.30. The van der Waals surface area contributed by atoms with Crippen molar-refractivity contribution in [3.05, 3.63) is 65.1 Å². The summed E-state index contributed by atoms with van der Waals surface area (Å²) in [7, 11) is -4.14. The number of sulfonamides is 1. The van der Waals surface area contributed by atoms with Crippen molar-refractivity contribution in [3.8, 4) is 0 Å². The average Bonchev–Trinajstić information content (AvgIpc) is 3.09. The van der Waals surface area contributed by atoms with Crippen molar-refractivity contribution in [3.63, 3.8) is 0 Å². The molecule has 3 aromatic rings. The van der Waals surface area contributed by atoms with Crippen LogP contribution in [0.5, 0.6) is 0 Å². The van der Waals surface area contributed by atoms with Crippen LogP contribution in [-0.4, -0.2) is 57.2 Å². The van der Waals surface area contributed by atoms with Gasteiger partial charge in [0.15, 0.2) is 0 Å². The van der Waals surface area contributed by atoms with Gasteiger partial charge in [0, 0.05) is 6.07 Å². The van der Waals surface area contributed by atoms with E-state index < -0.39 is 32.5 Å². The van der Waals surface area contributed by atoms with Crippen LogP contribution in [0.3, 0.4) is 0 Å². The SMILES string of the molecule is O=C(Nc1n[nH]c2c1CN(S(=O)(=O)c1cc(F)cc(F)c1)CC2)c1ccncc1[AsH2]. The van der Waals surface area contributed by atoms with Gasteiger partial charge in [-0.15, -0.1) is 0 Å². The van der Waals surface area contributed by atoms with Gasteiger partial charge in [-0.2, -0.15) is 0 Å². The number of amides is 1. The Bertz CT molecular complexity index is 1230. The zero-order chi connectivity index (χ0) is 21.5. The molecule has 1 aliphatic rings. The first-order chi connectivity index (χ1) is 14.3. The number of aromatic amines is 1. The van der Waals surface area contributed by atoms with Gasteiger partial charge in [-0.1, -0.05) is 0 Å². The van der Waals surface area contributed by atoms with Crippen molar-refractivity contribution in [1.29, 1.82) is 0 Å². The van der Waals surface area contributed by atoms with Crippen molar-refractivity contribution in [2.45, 2.75) is 17.9 Å². The third-order valence-corrected chi connectivity index (χ3v) is 7.49. The van der Waals surface area contributed by atoms with Gasteiger partial charge in [0.05, 0.1) is 0 Å². The molecule has 1 unspecified atom stereocenters. The van der Waals surface area contributed by atoms with Crippen LogP contribution < -0.4 is 9.67 Å². The Morgan fingerprint density at radius 1 is 1.23 bits per heavy atom. The summed E-state index contributed by atoms with van der Waals surface area (Å²) in [5.74, 6) is -2.13. The maximum absolute atomic E-state index is 13.5. The zero-order valence-corrected chi connectivity index (χ0v) is 18.6. The number of nitrogens with zero attached hydrogens (tertiary/aromatic N) is 3. The topological polar surface area (TPSA) is 108 Å². The second-order valence-corrected chi connectivity index (χ2v) is 9.88. The minimum absolute atomic E-state index is 0.0961. The van der Waals surface area contributed by atoms with Gasteiger partial charge in [-0.05, 0) is 0 Å². The van der Waals surface area contributed by atoms with E-state index in [4.69, 9.17) is 0 Å². The summed E-state index contributed by atoms with van der Waals surface area (Å²) < 4.78 is 54.7. The van der Waals surface area contributed by atoms with E-state index in [9.17, 15) is 22.0 Å². The Balaban J connectivity index is 1.60. The molecule has 1 aromatic carbocycles. The minimum atomic E-state index is -4.14. The molecule has 2 N–H and O–H groups in total. The fraction of sp³-hybridized carbons (Fsp3) is 0.167. The van der Waals surface area contributed by atoms with E-state index in [1.165, 1.54) is 23.0 Å². The summed E-state index contributed by atoms with van der Waals surface area (Å²) in [6.07, 6.45) is 3.40. The molecule has 1 aliphatic heterocycles. The fourth-order valence-electron chi connectivity index (χ4n) is 3.19. The Hall–Kier alpha value is -2.62. The van der Waals surface area contributed by atoms with Crippen LogP contribution in [0.15, 0.2) is 41.6 Å². The van der Waals surface area contributed by atoms with E-state index in [0.717, 1.165) is 20.8 Å². The molecule has 0 fully saturated rings. The summed E-state index contributed by atoms with van der Waals surface area (Å²) in [6, 6.07) is 3.75. The van der Waals surface area contributed by atoms with Crippen molar-refractivity contribution >= 4 is 43.0 Å². The molecule has 0 radical (unpaired) electrons. The number of aromatic nitrogens is 3. The van der Waals surface area contributed by atoms with E-state index in [1.54, 1.807) is 12.3 Å². The van der Waals surface area contributed by atoms with Gasteiger partial charge in [0.2, 0.25) is 0 Å². The predicted molar refractivity (Wildman–Crippen MR) is 107 cm³/mol. The molecular formula is C18H16AsF2N5O3S. The molecule has 30 heavy (non-hydrogen) atoms. The number of pyridine rings is 1. The molecule has 0 saturated carbocycles. The summed E-state index contributed by atoms with van der Waals surface area (Å²) in [5.41, 5.74) is 1.64. The Morgan fingerprint density at radius 2 is 1.97 bits per heavy atom. The van der Waals surface area contributed by atoms with Gasteiger partial charge in [-0.25, -0.2) is 8.78 Å². The first-order valence-corrected chi connectivity index (χ1v) is 11.4. The quantitative estimate of drug-likeness (QED) is 0.508. The number of rotatable bonds is 4. The third-order valence-electron chi connectivity index (χ3n) is 4.70. The van der Waals surface area contributed by atoms with Crippen LogP contribution in [0.4, 0.5) is 14.6 Å². The van der Waals surface area contributed by atoms with Gasteiger partial charge in [0.1, 0.15) is 0 Å². The molecule has 12 heteroatoms. The number of hydrogen-bond acceptors (Lipinski definition) is 5. The van der Waals surface area contributed by atoms with Crippen molar-refractivity contribution in [2.24, 2.45) is 0 Å². The van der Waals surface area contributed by atoms with Gasteiger partial charge in [0.25, 0.3) is 0 Å². The monoisotopic (exact) mass is 495 g/mol. The van der Waals surface area contributed by atoms with Crippen LogP contribution >= 0.6 is 0 Å². The van der Waals surface area contributed by atoms with E-state index in [1.807, 2.05) is 0 Å². The van der Waals surface area contributed by atoms with E-state index >= 15 is 0 Å². The standard InChI is InChI=1S/C18H16AsF2N5O3S/c19-15-8-22-3-1-13(15)18(27)23-17-14-9-26(4-2-16(14)24-25-17)30(28,29)12-6-10(20)5-11(21)7-12/h1,3,5-8H,2,4,9,19H2,(H2,23,24,25,27). The number of carbonyl (C=O) groups is 1. The predicted octanol–water partition coefficient (Wildman–Crippen LogP) is 0.341. The van der Waals surface area contributed by atoms with E-state index in [2.05, 4.69) is 20.5 Å². The molecule has 3 heterocycles. The molecule has 156 valence electrons. The van der Waals surface area contributed by atoms with Gasteiger partial charge in [-0.3, -0.25) is 0 Å². The summed E-state index contributed by atoms with van der Waals surface area (Å²) in [6.45, 7) is 0.0101. The summed E-state index contributed by atoms with van der Waals surface area (Å²) in [4.78, 5) is 16.1. The molecule has 0 bridgehead atoms. The first kappa shape index (κ1) is 20.6. The Kier molecular flexibility index (Phi) is 5.44. The number of fused-ring (bicyclic) bond motifs is 1. The maximum atomic E-state index is 13.5. The van der Waals surface area contributed by atoms with Crippen molar-refractivity contribution < 1.29 is 22.0 Å². The normalized spacial score (nSPS) is 14.4. The molecule has 0 aliphatic carbocycles. The summed E-state index contributed by atoms with van der Waals surface area (Å²) in [5, 5.41) is 9.61. The number of carbonyl (C=O) groups excluding carboxylic acids is 1. The number of anilines is 1. The molecular weight excluding hydrogens is 479 g/mol. The molecule has 1 atom stereocenters. The second-order valence-electron chi connectivity index (χ2n) is 6.64. The van der Waals surface area contributed by atoms with Gasteiger partial charge < -0.3 is 0 Å². The molecule has 2 aromatic heterocycles. The zero-order valence-electron chi connectivity index (χ0n) is 15.4. The van der Waals surface area contributed by atoms with Crippen LogP contribution in [0.25, 0.3) is 0 Å². The molecule has 0 saturated heterocycles. The average molecular weight is 495 g/mol. The second kappa shape index (κ2) is 7.90. The molecule has 8 nitrogen and oxygen atoms in total. The molecule has 0 spiro atoms. The van der Waals surface area contributed by atoms with Crippen LogP contribution in [0, 0.1) is 11.6 Å². The van der Waals surface area contributed by atoms with E-state index in [-0.39, 0.29) is 18.9 Å². The Labute approximate surface area is 179 Å². The van der Waals surface area contributed by atoms with Crippen molar-refractivity contribution in [1.82, 2.24) is 19.5 Å². The van der Waals surface area contributed by atoms with Crippen LogP contribution in [0.2, 0.25) is 0 Å². The Morgan fingerprint density at radius 3 is 2.67 bits per heavy atom. The first-order valence-electron chi connectivity index (χ1n) is 8.79. The number of H-pyrrole nitrogens is 1. The van der Waals surface area contributed by atoms with Crippen LogP contribution in [0.1, 0.15) is 21.6 Å². The molecule has 4 rings (SSSR count). The van der Waals surface area contributed by atoms with Crippen LogP contribution in [-0.2, 0) is 23.0 Å². The molecule has 1 amide bonds. The number of halogens is 2. The number of hydrogen-bond donors (Lipinski definition) is 2. The van der Waals surface area contributed by atoms with Crippen molar-refractivity contribution in [2.75, 3.05) is 11.9 Å². The number of benzene rings is 1. The number of nitrogens with one attached hydrogen (secondary N) is 2. The third kappa shape index (κ3) is 3.88. The summed E-state index contributed by atoms with van der Waals surface area (Å²) >= 11 is 1.24. The van der Waals surface area contributed by atoms with Gasteiger partial charge >= 0.3 is 164 Å². The van der Waals surface area contributed by atoms with E-state index in [0.29, 0.717) is 29.3 Å².